The molecule has 1 fully saturated rings. The van der Waals surface area contributed by atoms with Crippen molar-refractivity contribution in [2.75, 3.05) is 20.8 Å². The van der Waals surface area contributed by atoms with Crippen LogP contribution in [-0.2, 0) is 9.47 Å². The Balaban J connectivity index is 2.40. The van der Waals surface area contributed by atoms with Gasteiger partial charge in [0, 0.05) is 19.8 Å². The molecule has 3 heteroatoms. The normalized spacial score (nSPS) is 30.4. The minimum atomic E-state index is 0.386. The van der Waals surface area contributed by atoms with Crippen LogP contribution in [0.2, 0.25) is 0 Å². The van der Waals surface area contributed by atoms with E-state index in [1.807, 2.05) is 7.05 Å². The zero-order valence-electron chi connectivity index (χ0n) is 10.5. The zero-order valence-corrected chi connectivity index (χ0v) is 10.5. The van der Waals surface area contributed by atoms with Gasteiger partial charge in [-0.3, -0.25) is 0 Å². The van der Waals surface area contributed by atoms with E-state index in [1.165, 1.54) is 12.8 Å². The molecule has 0 radical (unpaired) electrons. The summed E-state index contributed by atoms with van der Waals surface area (Å²) < 4.78 is 11.0. The second kappa shape index (κ2) is 6.46. The second-order valence-corrected chi connectivity index (χ2v) is 4.64. The van der Waals surface area contributed by atoms with Crippen molar-refractivity contribution in [2.45, 2.75) is 51.4 Å². The molecule has 1 rings (SSSR count). The van der Waals surface area contributed by atoms with Crippen molar-refractivity contribution >= 4 is 0 Å². The molecule has 0 aromatic heterocycles. The molecule has 0 aromatic carbocycles. The Bertz CT molecular complexity index is 175. The van der Waals surface area contributed by atoms with Crippen molar-refractivity contribution in [1.29, 1.82) is 0 Å². The predicted molar refractivity (Wildman–Crippen MR) is 62.1 cm³/mol. The number of methoxy groups -OCH3 is 1. The number of likely N-dealkylation sites (N-methyl/N-ethyl adjacent to an activating group) is 1. The molecule has 3 nitrogen and oxygen atoms in total. The summed E-state index contributed by atoms with van der Waals surface area (Å²) in [7, 11) is 3.79. The Labute approximate surface area is 93.5 Å². The summed E-state index contributed by atoms with van der Waals surface area (Å²) in [6.07, 6.45) is 4.29. The topological polar surface area (TPSA) is 30.5 Å². The summed E-state index contributed by atoms with van der Waals surface area (Å²) in [4.78, 5) is 0. The van der Waals surface area contributed by atoms with Gasteiger partial charge in [-0.05, 0) is 39.2 Å². The largest absolute Gasteiger partial charge is 0.385 e. The van der Waals surface area contributed by atoms with Gasteiger partial charge in [-0.25, -0.2) is 0 Å². The van der Waals surface area contributed by atoms with Gasteiger partial charge in [0.1, 0.15) is 0 Å². The molecule has 1 heterocycles. The van der Waals surface area contributed by atoms with Crippen LogP contribution in [0.25, 0.3) is 0 Å². The van der Waals surface area contributed by atoms with Gasteiger partial charge >= 0.3 is 0 Å². The van der Waals surface area contributed by atoms with Crippen LogP contribution in [0.4, 0.5) is 0 Å². The molecule has 1 aliphatic heterocycles. The van der Waals surface area contributed by atoms with Gasteiger partial charge in [0.2, 0.25) is 0 Å². The van der Waals surface area contributed by atoms with E-state index in [0.29, 0.717) is 24.2 Å². The first-order chi connectivity index (χ1) is 7.19. The van der Waals surface area contributed by atoms with E-state index in [1.54, 1.807) is 7.11 Å². The monoisotopic (exact) mass is 215 g/mol. The van der Waals surface area contributed by atoms with Gasteiger partial charge in [0.15, 0.2) is 0 Å². The summed E-state index contributed by atoms with van der Waals surface area (Å²) >= 11 is 0. The third kappa shape index (κ3) is 3.74. The van der Waals surface area contributed by atoms with Crippen molar-refractivity contribution in [3.05, 3.63) is 0 Å². The lowest BCUT2D eigenvalue weighted by Gasteiger charge is -2.28. The SMILES string of the molecule is CNC(C(C)CCOC)C1CCC(C)O1. The fraction of sp³-hybridized carbons (Fsp3) is 1.00. The number of ether oxygens (including phenoxy) is 2. The van der Waals surface area contributed by atoms with Crippen molar-refractivity contribution in [2.24, 2.45) is 5.92 Å². The smallest absolute Gasteiger partial charge is 0.0735 e. The third-order valence-corrected chi connectivity index (χ3v) is 3.39. The lowest BCUT2D eigenvalue weighted by molar-refractivity contribution is 0.0172. The molecule has 0 amide bonds. The number of hydrogen-bond donors (Lipinski definition) is 1. The molecule has 90 valence electrons. The van der Waals surface area contributed by atoms with Crippen molar-refractivity contribution in [1.82, 2.24) is 5.32 Å². The molecule has 0 bridgehead atoms. The van der Waals surface area contributed by atoms with Crippen LogP contribution in [0.5, 0.6) is 0 Å². The van der Waals surface area contributed by atoms with E-state index in [0.717, 1.165) is 13.0 Å². The third-order valence-electron chi connectivity index (χ3n) is 3.39. The highest BCUT2D eigenvalue weighted by atomic mass is 16.5. The molecule has 0 spiro atoms. The van der Waals surface area contributed by atoms with Gasteiger partial charge in [-0.2, -0.15) is 0 Å². The average molecular weight is 215 g/mol. The van der Waals surface area contributed by atoms with Gasteiger partial charge in [0.05, 0.1) is 12.2 Å². The Kier molecular flexibility index (Phi) is 5.58. The first-order valence-electron chi connectivity index (χ1n) is 6.00. The highest BCUT2D eigenvalue weighted by Gasteiger charge is 2.31. The van der Waals surface area contributed by atoms with Crippen LogP contribution in [-0.4, -0.2) is 39.0 Å². The Hall–Kier alpha value is -0.120. The predicted octanol–water partition coefficient (Wildman–Crippen LogP) is 1.81. The standard InChI is InChI=1S/C12H25NO2/c1-9(7-8-14-4)12(13-3)11-6-5-10(2)15-11/h9-13H,5-8H2,1-4H3. The maximum absolute atomic E-state index is 5.91. The summed E-state index contributed by atoms with van der Waals surface area (Å²) in [5.74, 6) is 0.602. The van der Waals surface area contributed by atoms with Gasteiger partial charge in [-0.1, -0.05) is 6.92 Å². The molecular formula is C12H25NO2. The fourth-order valence-electron chi connectivity index (χ4n) is 2.42. The number of nitrogens with one attached hydrogen (secondary N) is 1. The van der Waals surface area contributed by atoms with Crippen LogP contribution in [0, 0.1) is 5.92 Å². The highest BCUT2D eigenvalue weighted by Crippen LogP contribution is 2.26. The first-order valence-corrected chi connectivity index (χ1v) is 6.00. The quantitative estimate of drug-likeness (QED) is 0.733. The summed E-state index contributed by atoms with van der Waals surface area (Å²) in [6.45, 7) is 5.26. The molecule has 0 aliphatic carbocycles. The minimum Gasteiger partial charge on any atom is -0.385 e. The lowest BCUT2D eigenvalue weighted by atomic mass is 9.92. The zero-order chi connectivity index (χ0) is 11.3. The average Bonchev–Trinajstić information content (AvgIpc) is 2.63. The Morgan fingerprint density at radius 2 is 2.20 bits per heavy atom. The van der Waals surface area contributed by atoms with Crippen molar-refractivity contribution in [3.63, 3.8) is 0 Å². The summed E-state index contributed by atoms with van der Waals surface area (Å²) in [5, 5.41) is 3.39. The van der Waals surface area contributed by atoms with Crippen LogP contribution in [0.1, 0.15) is 33.1 Å². The Morgan fingerprint density at radius 1 is 1.47 bits per heavy atom. The van der Waals surface area contributed by atoms with Gasteiger partial charge in [0.25, 0.3) is 0 Å². The maximum atomic E-state index is 5.91. The van der Waals surface area contributed by atoms with Gasteiger partial charge < -0.3 is 14.8 Å². The Morgan fingerprint density at radius 3 is 2.67 bits per heavy atom. The molecule has 4 atom stereocenters. The highest BCUT2D eigenvalue weighted by molar-refractivity contribution is 4.85. The summed E-state index contributed by atoms with van der Waals surface area (Å²) in [6, 6.07) is 0.463. The molecule has 0 saturated carbocycles. The molecule has 0 aromatic rings. The number of rotatable bonds is 6. The minimum absolute atomic E-state index is 0.386. The molecular weight excluding hydrogens is 190 g/mol. The van der Waals surface area contributed by atoms with Crippen LogP contribution >= 0.6 is 0 Å². The molecule has 1 saturated heterocycles. The fourth-order valence-corrected chi connectivity index (χ4v) is 2.42. The van der Waals surface area contributed by atoms with E-state index in [2.05, 4.69) is 19.2 Å². The van der Waals surface area contributed by atoms with E-state index in [9.17, 15) is 0 Å². The van der Waals surface area contributed by atoms with E-state index >= 15 is 0 Å². The number of hydrogen-bond acceptors (Lipinski definition) is 3. The maximum Gasteiger partial charge on any atom is 0.0735 e. The summed E-state index contributed by atoms with van der Waals surface area (Å²) in [5.41, 5.74) is 0. The first kappa shape index (κ1) is 12.9. The van der Waals surface area contributed by atoms with Gasteiger partial charge in [-0.15, -0.1) is 0 Å². The van der Waals surface area contributed by atoms with Crippen LogP contribution < -0.4 is 5.32 Å². The van der Waals surface area contributed by atoms with Crippen LogP contribution in [0.3, 0.4) is 0 Å². The van der Waals surface area contributed by atoms with Crippen molar-refractivity contribution < 1.29 is 9.47 Å². The van der Waals surface area contributed by atoms with Crippen molar-refractivity contribution in [3.8, 4) is 0 Å². The molecule has 1 N–H and O–H groups in total. The van der Waals surface area contributed by atoms with Crippen LogP contribution in [0.15, 0.2) is 0 Å². The van der Waals surface area contributed by atoms with E-state index < -0.39 is 0 Å². The second-order valence-electron chi connectivity index (χ2n) is 4.64. The van der Waals surface area contributed by atoms with E-state index in [4.69, 9.17) is 9.47 Å². The van der Waals surface area contributed by atoms with E-state index in [-0.39, 0.29) is 0 Å². The lowest BCUT2D eigenvalue weighted by Crippen LogP contribution is -2.43. The molecule has 4 unspecified atom stereocenters. The molecule has 15 heavy (non-hydrogen) atoms. The molecule has 1 aliphatic rings.